The molecule has 0 amide bonds. The van der Waals surface area contributed by atoms with Crippen molar-refractivity contribution in [2.24, 2.45) is 5.92 Å². The molecule has 1 N–H and O–H groups in total. The molecule has 2 nitrogen and oxygen atoms in total. The van der Waals surface area contributed by atoms with Gasteiger partial charge >= 0.3 is 6.18 Å². The highest BCUT2D eigenvalue weighted by Gasteiger charge is 2.38. The predicted molar refractivity (Wildman–Crippen MR) is 67.0 cm³/mol. The second kappa shape index (κ2) is 5.92. The van der Waals surface area contributed by atoms with Crippen LogP contribution in [0.25, 0.3) is 0 Å². The third-order valence-corrected chi connectivity index (χ3v) is 3.48. The van der Waals surface area contributed by atoms with Gasteiger partial charge in [-0.3, -0.25) is 0 Å². The maximum Gasteiger partial charge on any atom is 0.416 e. The Kier molecular flexibility index (Phi) is 4.47. The molecule has 5 heteroatoms. The Bertz CT molecular complexity index is 402. The zero-order valence-corrected chi connectivity index (χ0v) is 10.8. The molecule has 0 bridgehead atoms. The molecular formula is C14H18F3NO. The zero-order valence-electron chi connectivity index (χ0n) is 10.8. The summed E-state index contributed by atoms with van der Waals surface area (Å²) in [6, 6.07) is 5.54. The van der Waals surface area contributed by atoms with Crippen LogP contribution in [0.3, 0.4) is 0 Å². The average Bonchev–Trinajstić information content (AvgIpc) is 3.13. The minimum absolute atomic E-state index is 0.400. The summed E-state index contributed by atoms with van der Waals surface area (Å²) >= 11 is 0. The molecular weight excluding hydrogens is 255 g/mol. The van der Waals surface area contributed by atoms with Crippen molar-refractivity contribution in [2.45, 2.75) is 18.5 Å². The summed E-state index contributed by atoms with van der Waals surface area (Å²) in [6.07, 6.45) is -3.20. The van der Waals surface area contributed by atoms with Gasteiger partial charge in [0.05, 0.1) is 12.2 Å². The Morgan fingerprint density at radius 2 is 1.95 bits per heavy atom. The number of nitrogens with one attached hydrogen (secondary N) is 1. The summed E-state index contributed by atoms with van der Waals surface area (Å²) in [5.41, 5.74) is 0.429. The molecule has 0 heterocycles. The van der Waals surface area contributed by atoms with E-state index in [4.69, 9.17) is 4.74 Å². The summed E-state index contributed by atoms with van der Waals surface area (Å²) in [4.78, 5) is 0. The molecule has 0 radical (unpaired) electrons. The number of rotatable bonds is 6. The lowest BCUT2D eigenvalue weighted by Gasteiger charge is -2.07. The molecule has 0 spiro atoms. The number of hydrogen-bond acceptors (Lipinski definition) is 2. The molecule has 0 aliphatic heterocycles. The Labute approximate surface area is 111 Å². The summed E-state index contributed by atoms with van der Waals surface area (Å²) in [5, 5.41) is 3.28. The first-order chi connectivity index (χ1) is 9.02. The molecule has 0 saturated heterocycles. The molecule has 1 aliphatic carbocycles. The van der Waals surface area contributed by atoms with E-state index in [9.17, 15) is 13.2 Å². The predicted octanol–water partition coefficient (Wildman–Crippen LogP) is 3.04. The maximum absolute atomic E-state index is 12.4. The van der Waals surface area contributed by atoms with E-state index < -0.39 is 11.7 Å². The lowest BCUT2D eigenvalue weighted by Crippen LogP contribution is -2.21. The van der Waals surface area contributed by atoms with E-state index in [0.717, 1.165) is 25.1 Å². The van der Waals surface area contributed by atoms with Gasteiger partial charge in [-0.25, -0.2) is 0 Å². The van der Waals surface area contributed by atoms with Crippen LogP contribution >= 0.6 is 0 Å². The number of alkyl halides is 3. The lowest BCUT2D eigenvalue weighted by molar-refractivity contribution is -0.137. The van der Waals surface area contributed by atoms with Crippen molar-refractivity contribution in [3.63, 3.8) is 0 Å². The van der Waals surface area contributed by atoms with Gasteiger partial charge in [0.2, 0.25) is 0 Å². The van der Waals surface area contributed by atoms with Crippen molar-refractivity contribution >= 4 is 0 Å². The highest BCUT2D eigenvalue weighted by Crippen LogP contribution is 2.47. The largest absolute Gasteiger partial charge is 0.416 e. The van der Waals surface area contributed by atoms with Crippen LogP contribution in [0.4, 0.5) is 13.2 Å². The van der Waals surface area contributed by atoms with Gasteiger partial charge < -0.3 is 10.1 Å². The molecule has 1 aliphatic rings. The van der Waals surface area contributed by atoms with Crippen LogP contribution < -0.4 is 5.32 Å². The van der Waals surface area contributed by atoms with E-state index in [-0.39, 0.29) is 0 Å². The van der Waals surface area contributed by atoms with Gasteiger partial charge in [-0.1, -0.05) is 12.1 Å². The number of ether oxygens (including phenoxy) is 1. The fourth-order valence-electron chi connectivity index (χ4n) is 2.26. The van der Waals surface area contributed by atoms with E-state index in [1.54, 1.807) is 19.2 Å². The Balaban J connectivity index is 1.81. The van der Waals surface area contributed by atoms with Crippen LogP contribution in [-0.2, 0) is 10.9 Å². The number of benzene rings is 1. The number of hydrogen-bond donors (Lipinski definition) is 1. The highest BCUT2D eigenvalue weighted by atomic mass is 19.4. The quantitative estimate of drug-likeness (QED) is 0.804. The Morgan fingerprint density at radius 1 is 1.26 bits per heavy atom. The molecule has 0 aromatic heterocycles. The standard InChI is InChI=1S/C14H18F3NO/c1-19-7-6-18-9-11-8-13(11)10-2-4-12(5-3-10)14(15,16)17/h2-5,11,13,18H,6-9H2,1H3. The van der Waals surface area contributed by atoms with Crippen LogP contribution in [0, 0.1) is 5.92 Å². The van der Waals surface area contributed by atoms with Crippen molar-refractivity contribution in [2.75, 3.05) is 26.8 Å². The molecule has 1 aromatic carbocycles. The Hall–Kier alpha value is -1.07. The molecule has 1 aromatic rings. The number of methoxy groups -OCH3 is 1. The van der Waals surface area contributed by atoms with Gasteiger partial charge in [0.15, 0.2) is 0 Å². The van der Waals surface area contributed by atoms with Gasteiger partial charge in [-0.15, -0.1) is 0 Å². The van der Waals surface area contributed by atoms with E-state index >= 15 is 0 Å². The lowest BCUT2D eigenvalue weighted by atomic mass is 10.1. The van der Waals surface area contributed by atoms with Crippen molar-refractivity contribution in [1.82, 2.24) is 5.32 Å². The molecule has 2 rings (SSSR count). The van der Waals surface area contributed by atoms with Crippen LogP contribution in [0.5, 0.6) is 0 Å². The second-order valence-electron chi connectivity index (χ2n) is 4.92. The molecule has 2 unspecified atom stereocenters. The van der Waals surface area contributed by atoms with Crippen LogP contribution in [0.2, 0.25) is 0 Å². The van der Waals surface area contributed by atoms with Crippen LogP contribution in [0.1, 0.15) is 23.5 Å². The topological polar surface area (TPSA) is 21.3 Å². The molecule has 1 saturated carbocycles. The van der Waals surface area contributed by atoms with Crippen molar-refractivity contribution < 1.29 is 17.9 Å². The molecule has 2 atom stereocenters. The van der Waals surface area contributed by atoms with Crippen LogP contribution in [0.15, 0.2) is 24.3 Å². The highest BCUT2D eigenvalue weighted by molar-refractivity contribution is 5.30. The average molecular weight is 273 g/mol. The van der Waals surface area contributed by atoms with Gasteiger partial charge in [0.1, 0.15) is 0 Å². The third-order valence-electron chi connectivity index (χ3n) is 3.48. The molecule has 106 valence electrons. The maximum atomic E-state index is 12.4. The number of halogens is 3. The van der Waals surface area contributed by atoms with Crippen LogP contribution in [-0.4, -0.2) is 26.8 Å². The normalized spacial score (nSPS) is 22.5. The fourth-order valence-corrected chi connectivity index (χ4v) is 2.26. The van der Waals surface area contributed by atoms with Crippen molar-refractivity contribution in [3.8, 4) is 0 Å². The smallest absolute Gasteiger partial charge is 0.383 e. The van der Waals surface area contributed by atoms with Gasteiger partial charge in [-0.2, -0.15) is 13.2 Å². The first-order valence-corrected chi connectivity index (χ1v) is 6.39. The molecule has 1 fully saturated rings. The molecule has 19 heavy (non-hydrogen) atoms. The first kappa shape index (κ1) is 14.3. The minimum atomic E-state index is -4.25. The third kappa shape index (κ3) is 3.94. The fraction of sp³-hybridized carbons (Fsp3) is 0.571. The van der Waals surface area contributed by atoms with E-state index in [1.807, 2.05) is 0 Å². The monoisotopic (exact) mass is 273 g/mol. The van der Waals surface area contributed by atoms with E-state index in [1.165, 1.54) is 12.1 Å². The van der Waals surface area contributed by atoms with E-state index in [2.05, 4.69) is 5.32 Å². The Morgan fingerprint density at radius 3 is 2.53 bits per heavy atom. The van der Waals surface area contributed by atoms with Gasteiger partial charge in [-0.05, 0) is 42.5 Å². The van der Waals surface area contributed by atoms with Gasteiger partial charge in [0, 0.05) is 13.7 Å². The SMILES string of the molecule is COCCNCC1CC1c1ccc(C(F)(F)F)cc1. The van der Waals surface area contributed by atoms with E-state index in [0.29, 0.717) is 18.4 Å². The summed E-state index contributed by atoms with van der Waals surface area (Å²) in [5.74, 6) is 0.936. The summed E-state index contributed by atoms with van der Waals surface area (Å²) in [6.45, 7) is 2.39. The van der Waals surface area contributed by atoms with Gasteiger partial charge in [0.25, 0.3) is 0 Å². The first-order valence-electron chi connectivity index (χ1n) is 6.39. The summed E-state index contributed by atoms with van der Waals surface area (Å²) < 4.78 is 42.2. The van der Waals surface area contributed by atoms with Crippen molar-refractivity contribution in [3.05, 3.63) is 35.4 Å². The minimum Gasteiger partial charge on any atom is -0.383 e. The van der Waals surface area contributed by atoms with Crippen molar-refractivity contribution in [1.29, 1.82) is 0 Å². The second-order valence-corrected chi connectivity index (χ2v) is 4.92. The zero-order chi connectivity index (χ0) is 13.9. The summed E-state index contributed by atoms with van der Waals surface area (Å²) in [7, 11) is 1.66.